The summed E-state index contributed by atoms with van der Waals surface area (Å²) in [5.74, 6) is -0.255. The predicted molar refractivity (Wildman–Crippen MR) is 124 cm³/mol. The second kappa shape index (κ2) is 8.94. The second-order valence-electron chi connectivity index (χ2n) is 7.70. The number of halogens is 1. The Bertz CT molecular complexity index is 1110. The minimum absolute atomic E-state index is 0.00000992. The molecular formula is C25H23FN2O2S. The van der Waals surface area contributed by atoms with Gasteiger partial charge in [-0.2, -0.15) is 0 Å². The van der Waals surface area contributed by atoms with Gasteiger partial charge in [0.05, 0.1) is 11.3 Å². The lowest BCUT2D eigenvalue weighted by Crippen LogP contribution is -2.29. The monoisotopic (exact) mass is 434 g/mol. The Morgan fingerprint density at radius 1 is 1.03 bits per heavy atom. The van der Waals surface area contributed by atoms with Gasteiger partial charge in [-0.3, -0.25) is 14.5 Å². The van der Waals surface area contributed by atoms with E-state index in [0.717, 1.165) is 16.8 Å². The predicted octanol–water partition coefficient (Wildman–Crippen LogP) is 5.98. The molecule has 0 aromatic heterocycles. The first-order valence-corrected chi connectivity index (χ1v) is 11.2. The van der Waals surface area contributed by atoms with Gasteiger partial charge in [0.1, 0.15) is 11.2 Å². The van der Waals surface area contributed by atoms with Gasteiger partial charge >= 0.3 is 0 Å². The van der Waals surface area contributed by atoms with Crippen LogP contribution in [0.1, 0.15) is 46.6 Å². The number of para-hydroxylation sites is 1. The first-order valence-electron chi connectivity index (χ1n) is 10.1. The summed E-state index contributed by atoms with van der Waals surface area (Å²) < 4.78 is 13.8. The van der Waals surface area contributed by atoms with Crippen LogP contribution in [0.25, 0.3) is 0 Å². The van der Waals surface area contributed by atoms with Crippen LogP contribution in [-0.4, -0.2) is 17.6 Å². The van der Waals surface area contributed by atoms with Crippen LogP contribution in [0.5, 0.6) is 0 Å². The molecule has 1 N–H and O–H groups in total. The standard InChI is InChI=1S/C25H23FN2O2S/c1-16(2)19-7-4-6-10-22(19)28-23(29)15-31-25(28)17-11-13-18(14-12-17)27-24(30)20-8-3-5-9-21(20)26/h3-14,16,25H,15H2,1-2H3,(H,27,30)/t25-/m1/s1. The summed E-state index contributed by atoms with van der Waals surface area (Å²) >= 11 is 1.58. The number of thioether (sulfide) groups is 1. The summed E-state index contributed by atoms with van der Waals surface area (Å²) in [5.41, 5.74) is 3.62. The Morgan fingerprint density at radius 3 is 2.42 bits per heavy atom. The van der Waals surface area contributed by atoms with Gasteiger partial charge in [-0.1, -0.05) is 56.3 Å². The number of anilines is 2. The van der Waals surface area contributed by atoms with E-state index in [4.69, 9.17) is 0 Å². The van der Waals surface area contributed by atoms with Crippen molar-refractivity contribution in [3.8, 4) is 0 Å². The molecule has 3 aromatic carbocycles. The summed E-state index contributed by atoms with van der Waals surface area (Å²) in [5, 5.41) is 2.59. The molecule has 1 aliphatic heterocycles. The summed E-state index contributed by atoms with van der Waals surface area (Å²) in [6.45, 7) is 4.24. The van der Waals surface area contributed by atoms with Crippen LogP contribution < -0.4 is 10.2 Å². The second-order valence-corrected chi connectivity index (χ2v) is 8.77. The van der Waals surface area contributed by atoms with Crippen LogP contribution in [-0.2, 0) is 4.79 Å². The minimum atomic E-state index is -0.558. The highest BCUT2D eigenvalue weighted by atomic mass is 32.2. The van der Waals surface area contributed by atoms with E-state index in [-0.39, 0.29) is 16.8 Å². The normalized spacial score (nSPS) is 16.1. The molecule has 31 heavy (non-hydrogen) atoms. The van der Waals surface area contributed by atoms with Crippen molar-refractivity contribution < 1.29 is 14.0 Å². The maximum absolute atomic E-state index is 13.8. The Hall–Kier alpha value is -3.12. The van der Waals surface area contributed by atoms with Crippen molar-refractivity contribution in [3.05, 3.63) is 95.3 Å². The van der Waals surface area contributed by atoms with Gasteiger partial charge in [0.15, 0.2) is 0 Å². The van der Waals surface area contributed by atoms with E-state index in [1.54, 1.807) is 36.0 Å². The molecule has 1 aliphatic rings. The van der Waals surface area contributed by atoms with Crippen molar-refractivity contribution in [1.29, 1.82) is 0 Å². The van der Waals surface area contributed by atoms with Gasteiger partial charge in [-0.05, 0) is 47.4 Å². The number of hydrogen-bond acceptors (Lipinski definition) is 3. The van der Waals surface area contributed by atoms with Crippen molar-refractivity contribution in [3.63, 3.8) is 0 Å². The highest BCUT2D eigenvalue weighted by molar-refractivity contribution is 8.00. The van der Waals surface area contributed by atoms with E-state index in [9.17, 15) is 14.0 Å². The fourth-order valence-corrected chi connectivity index (χ4v) is 4.87. The molecule has 0 unspecified atom stereocenters. The van der Waals surface area contributed by atoms with Crippen LogP contribution in [0.3, 0.4) is 0 Å². The molecule has 0 bridgehead atoms. The zero-order valence-corrected chi connectivity index (χ0v) is 18.2. The Morgan fingerprint density at radius 2 is 1.71 bits per heavy atom. The van der Waals surface area contributed by atoms with Crippen LogP contribution in [0.4, 0.5) is 15.8 Å². The van der Waals surface area contributed by atoms with Gasteiger partial charge in [0.25, 0.3) is 5.91 Å². The lowest BCUT2D eigenvalue weighted by molar-refractivity contribution is -0.115. The SMILES string of the molecule is CC(C)c1ccccc1N1C(=O)CS[C@@H]1c1ccc(NC(=O)c2ccccc2F)cc1. The number of benzene rings is 3. The minimum Gasteiger partial charge on any atom is -0.322 e. The largest absolute Gasteiger partial charge is 0.322 e. The molecule has 1 saturated heterocycles. The molecule has 0 radical (unpaired) electrons. The third-order valence-corrected chi connectivity index (χ3v) is 6.47. The van der Waals surface area contributed by atoms with Crippen molar-refractivity contribution in [2.45, 2.75) is 25.1 Å². The third-order valence-electron chi connectivity index (χ3n) is 5.26. The van der Waals surface area contributed by atoms with E-state index in [2.05, 4.69) is 25.2 Å². The average Bonchev–Trinajstić information content (AvgIpc) is 3.15. The molecule has 4 nitrogen and oxygen atoms in total. The molecule has 1 atom stereocenters. The fourth-order valence-electron chi connectivity index (χ4n) is 3.70. The maximum Gasteiger partial charge on any atom is 0.258 e. The Balaban J connectivity index is 1.57. The van der Waals surface area contributed by atoms with Crippen molar-refractivity contribution in [2.75, 3.05) is 16.0 Å². The van der Waals surface area contributed by atoms with Crippen molar-refractivity contribution in [1.82, 2.24) is 0 Å². The molecule has 3 aromatic rings. The molecule has 0 aliphatic carbocycles. The lowest BCUT2D eigenvalue weighted by Gasteiger charge is -2.27. The van der Waals surface area contributed by atoms with Crippen molar-refractivity contribution >= 4 is 35.0 Å². The molecule has 0 spiro atoms. The summed E-state index contributed by atoms with van der Waals surface area (Å²) in [6, 6.07) is 21.3. The summed E-state index contributed by atoms with van der Waals surface area (Å²) in [7, 11) is 0. The molecule has 1 heterocycles. The lowest BCUT2D eigenvalue weighted by atomic mass is 10.00. The van der Waals surface area contributed by atoms with Gasteiger partial charge in [0, 0.05) is 11.4 Å². The maximum atomic E-state index is 13.8. The van der Waals surface area contributed by atoms with Crippen molar-refractivity contribution in [2.24, 2.45) is 0 Å². The third kappa shape index (κ3) is 4.35. The molecule has 158 valence electrons. The van der Waals surface area contributed by atoms with E-state index >= 15 is 0 Å². The molecule has 0 saturated carbocycles. The average molecular weight is 435 g/mol. The topological polar surface area (TPSA) is 49.4 Å². The Kier molecular flexibility index (Phi) is 6.09. The van der Waals surface area contributed by atoms with Gasteiger partial charge in [-0.25, -0.2) is 4.39 Å². The number of nitrogens with zero attached hydrogens (tertiary/aromatic N) is 1. The quantitative estimate of drug-likeness (QED) is 0.537. The Labute approximate surface area is 185 Å². The van der Waals surface area contributed by atoms with E-state index in [0.29, 0.717) is 17.4 Å². The first-order chi connectivity index (χ1) is 15.0. The van der Waals surface area contributed by atoms with Crippen LogP contribution >= 0.6 is 11.8 Å². The van der Waals surface area contributed by atoms with Gasteiger partial charge in [0.2, 0.25) is 5.91 Å². The molecule has 4 rings (SSSR count). The highest BCUT2D eigenvalue weighted by Crippen LogP contribution is 2.44. The van der Waals surface area contributed by atoms with Crippen LogP contribution in [0.15, 0.2) is 72.8 Å². The van der Waals surface area contributed by atoms with Crippen LogP contribution in [0.2, 0.25) is 0 Å². The van der Waals surface area contributed by atoms with Crippen LogP contribution in [0, 0.1) is 5.82 Å². The summed E-state index contributed by atoms with van der Waals surface area (Å²) in [6.07, 6.45) is 0. The number of hydrogen-bond donors (Lipinski definition) is 1. The molecular weight excluding hydrogens is 411 g/mol. The number of carbonyl (C=O) groups is 2. The summed E-state index contributed by atoms with van der Waals surface area (Å²) in [4.78, 5) is 27.0. The van der Waals surface area contributed by atoms with E-state index in [1.807, 2.05) is 35.2 Å². The number of amides is 2. The zero-order valence-electron chi connectivity index (χ0n) is 17.3. The van der Waals surface area contributed by atoms with E-state index < -0.39 is 11.7 Å². The number of carbonyl (C=O) groups excluding carboxylic acids is 2. The van der Waals surface area contributed by atoms with E-state index in [1.165, 1.54) is 12.1 Å². The smallest absolute Gasteiger partial charge is 0.258 e. The fraction of sp³-hybridized carbons (Fsp3) is 0.200. The highest BCUT2D eigenvalue weighted by Gasteiger charge is 2.35. The van der Waals surface area contributed by atoms with Gasteiger partial charge < -0.3 is 5.32 Å². The number of rotatable bonds is 5. The molecule has 6 heteroatoms. The van der Waals surface area contributed by atoms with Gasteiger partial charge in [-0.15, -0.1) is 11.8 Å². The molecule has 2 amide bonds. The number of nitrogens with one attached hydrogen (secondary N) is 1. The zero-order chi connectivity index (χ0) is 22.0. The molecule has 1 fully saturated rings. The first kappa shape index (κ1) is 21.1.